The van der Waals surface area contributed by atoms with Crippen LogP contribution < -0.4 is 5.32 Å². The summed E-state index contributed by atoms with van der Waals surface area (Å²) in [5.41, 5.74) is 0. The summed E-state index contributed by atoms with van der Waals surface area (Å²) in [7, 11) is 0. The second-order valence-electron chi connectivity index (χ2n) is 18.9. The van der Waals surface area contributed by atoms with E-state index in [4.69, 9.17) is 0 Å². The Labute approximate surface area is 364 Å². The van der Waals surface area contributed by atoms with E-state index in [-0.39, 0.29) is 18.9 Å². The number of aliphatic hydroxyl groups is 3. The molecular formula is C53H107NO4. The van der Waals surface area contributed by atoms with Crippen LogP contribution in [0.3, 0.4) is 0 Å². The fourth-order valence-electron chi connectivity index (χ4n) is 8.82. The molecule has 0 aromatic carbocycles. The zero-order valence-corrected chi connectivity index (χ0v) is 39.7. The average molecular weight is 822 g/mol. The van der Waals surface area contributed by atoms with Crippen LogP contribution in [-0.2, 0) is 4.79 Å². The van der Waals surface area contributed by atoms with Crippen molar-refractivity contribution in [1.29, 1.82) is 0 Å². The molecule has 0 bridgehead atoms. The molecule has 5 nitrogen and oxygen atoms in total. The molecule has 58 heavy (non-hydrogen) atoms. The standard InChI is InChI=1S/C53H107NO4/c1-3-5-7-9-11-13-15-17-18-19-20-21-22-23-24-25-26-27-28-29-30-31-32-33-34-35-36-38-40-42-44-46-50(56)48-53(58)54-51(49-55)52(57)47-45-43-41-39-37-16-14-12-10-8-6-4-2/h50-52,55-57H,3-49H2,1-2H3,(H,54,58). The lowest BCUT2D eigenvalue weighted by molar-refractivity contribution is -0.125. The second-order valence-corrected chi connectivity index (χ2v) is 18.9. The lowest BCUT2D eigenvalue weighted by Gasteiger charge is -2.23. The minimum atomic E-state index is -0.743. The number of hydrogen-bond acceptors (Lipinski definition) is 4. The number of aliphatic hydroxyl groups excluding tert-OH is 3. The average Bonchev–Trinajstić information content (AvgIpc) is 3.22. The van der Waals surface area contributed by atoms with Gasteiger partial charge in [-0.15, -0.1) is 0 Å². The smallest absolute Gasteiger partial charge is 0.222 e. The summed E-state index contributed by atoms with van der Waals surface area (Å²) in [6.45, 7) is 4.29. The van der Waals surface area contributed by atoms with Crippen molar-refractivity contribution in [2.75, 3.05) is 6.61 Å². The van der Waals surface area contributed by atoms with Gasteiger partial charge in [-0.25, -0.2) is 0 Å². The molecule has 3 atom stereocenters. The Balaban J connectivity index is 3.42. The molecule has 0 spiro atoms. The molecule has 0 aromatic heterocycles. The first kappa shape index (κ1) is 57.3. The number of amides is 1. The maximum atomic E-state index is 12.5. The zero-order valence-electron chi connectivity index (χ0n) is 39.7. The summed E-state index contributed by atoms with van der Waals surface area (Å²) < 4.78 is 0. The Morgan fingerprint density at radius 2 is 0.586 bits per heavy atom. The van der Waals surface area contributed by atoms with Crippen LogP contribution in [0, 0.1) is 0 Å². The van der Waals surface area contributed by atoms with Gasteiger partial charge in [0.1, 0.15) is 0 Å². The molecule has 0 aliphatic heterocycles. The molecule has 0 aliphatic rings. The van der Waals surface area contributed by atoms with Gasteiger partial charge in [0.15, 0.2) is 0 Å². The van der Waals surface area contributed by atoms with E-state index in [0.717, 1.165) is 25.7 Å². The van der Waals surface area contributed by atoms with Crippen molar-refractivity contribution in [3.8, 4) is 0 Å². The third-order valence-corrected chi connectivity index (χ3v) is 12.9. The van der Waals surface area contributed by atoms with Crippen LogP contribution in [0.15, 0.2) is 0 Å². The van der Waals surface area contributed by atoms with Gasteiger partial charge in [0.25, 0.3) is 0 Å². The van der Waals surface area contributed by atoms with Crippen LogP contribution in [0.5, 0.6) is 0 Å². The number of carbonyl (C=O) groups excluding carboxylic acids is 1. The van der Waals surface area contributed by atoms with Gasteiger partial charge < -0.3 is 20.6 Å². The largest absolute Gasteiger partial charge is 0.394 e. The molecule has 0 radical (unpaired) electrons. The van der Waals surface area contributed by atoms with Gasteiger partial charge >= 0.3 is 0 Å². The van der Waals surface area contributed by atoms with Crippen molar-refractivity contribution < 1.29 is 20.1 Å². The van der Waals surface area contributed by atoms with Gasteiger partial charge in [-0.2, -0.15) is 0 Å². The van der Waals surface area contributed by atoms with Crippen molar-refractivity contribution in [2.24, 2.45) is 0 Å². The molecule has 0 saturated carbocycles. The minimum Gasteiger partial charge on any atom is -0.394 e. The van der Waals surface area contributed by atoms with E-state index in [0.29, 0.717) is 12.8 Å². The number of carbonyl (C=O) groups is 1. The number of hydrogen-bond donors (Lipinski definition) is 4. The normalized spacial score (nSPS) is 13.3. The molecule has 0 saturated heterocycles. The molecule has 5 heteroatoms. The molecule has 3 unspecified atom stereocenters. The van der Waals surface area contributed by atoms with Gasteiger partial charge in [0.05, 0.1) is 31.3 Å². The summed E-state index contributed by atoms with van der Waals surface area (Å²) in [6, 6.07) is -0.652. The maximum Gasteiger partial charge on any atom is 0.222 e. The van der Waals surface area contributed by atoms with E-state index in [1.54, 1.807) is 0 Å². The third kappa shape index (κ3) is 44.9. The van der Waals surface area contributed by atoms with Crippen LogP contribution in [-0.4, -0.2) is 46.1 Å². The fraction of sp³-hybridized carbons (Fsp3) is 0.981. The Bertz CT molecular complexity index is 777. The predicted octanol–water partition coefficient (Wildman–Crippen LogP) is 16.2. The monoisotopic (exact) mass is 822 g/mol. The summed E-state index contributed by atoms with van der Waals surface area (Å²) in [5.74, 6) is -0.277. The van der Waals surface area contributed by atoms with Gasteiger partial charge in [0.2, 0.25) is 5.91 Å². The zero-order chi connectivity index (χ0) is 42.3. The highest BCUT2D eigenvalue weighted by molar-refractivity contribution is 5.76. The van der Waals surface area contributed by atoms with Crippen LogP contribution in [0.2, 0.25) is 0 Å². The molecule has 0 heterocycles. The summed E-state index contributed by atoms with van der Waals surface area (Å²) in [6.07, 6.45) is 58.4. The van der Waals surface area contributed by atoms with Gasteiger partial charge in [-0.1, -0.05) is 290 Å². The molecule has 1 amide bonds. The van der Waals surface area contributed by atoms with Gasteiger partial charge in [-0.3, -0.25) is 4.79 Å². The minimum absolute atomic E-state index is 0.0431. The molecule has 0 rings (SSSR count). The lowest BCUT2D eigenvalue weighted by Crippen LogP contribution is -2.46. The van der Waals surface area contributed by atoms with E-state index >= 15 is 0 Å². The van der Waals surface area contributed by atoms with Crippen molar-refractivity contribution in [1.82, 2.24) is 5.32 Å². The molecule has 348 valence electrons. The number of rotatable bonds is 50. The van der Waals surface area contributed by atoms with Crippen molar-refractivity contribution in [2.45, 2.75) is 327 Å². The lowest BCUT2D eigenvalue weighted by atomic mass is 10.0. The summed E-state index contributed by atoms with van der Waals surface area (Å²) in [4.78, 5) is 12.5. The second kappa shape index (κ2) is 49.0. The fourth-order valence-corrected chi connectivity index (χ4v) is 8.82. The Hall–Kier alpha value is -0.650. The van der Waals surface area contributed by atoms with Gasteiger partial charge in [0, 0.05) is 0 Å². The highest BCUT2D eigenvalue weighted by Crippen LogP contribution is 2.18. The van der Waals surface area contributed by atoms with Crippen molar-refractivity contribution >= 4 is 5.91 Å². The molecule has 0 aromatic rings. The highest BCUT2D eigenvalue weighted by atomic mass is 16.3. The van der Waals surface area contributed by atoms with Crippen LogP contribution in [0.4, 0.5) is 0 Å². The van der Waals surface area contributed by atoms with E-state index < -0.39 is 18.2 Å². The van der Waals surface area contributed by atoms with Crippen molar-refractivity contribution in [3.05, 3.63) is 0 Å². The van der Waals surface area contributed by atoms with E-state index in [2.05, 4.69) is 19.2 Å². The van der Waals surface area contributed by atoms with E-state index in [1.807, 2.05) is 0 Å². The number of nitrogens with one attached hydrogen (secondary N) is 1. The SMILES string of the molecule is CCCCCCCCCCCCCCCCCCCCCCCCCCCCCCCCCC(O)CC(=O)NC(CO)C(O)CCCCCCCCCCCCCC. The summed E-state index contributed by atoms with van der Waals surface area (Å²) in [5, 5.41) is 33.5. The molecule has 0 aliphatic carbocycles. The quantitative estimate of drug-likeness (QED) is 0.0460. The highest BCUT2D eigenvalue weighted by Gasteiger charge is 2.21. The first-order chi connectivity index (χ1) is 28.5. The predicted molar refractivity (Wildman–Crippen MR) is 255 cm³/mol. The van der Waals surface area contributed by atoms with Crippen molar-refractivity contribution in [3.63, 3.8) is 0 Å². The number of unbranched alkanes of at least 4 members (excludes halogenated alkanes) is 41. The van der Waals surface area contributed by atoms with Crippen LogP contribution >= 0.6 is 0 Å². The molecule has 0 fully saturated rings. The first-order valence-electron chi connectivity index (χ1n) is 26.8. The first-order valence-corrected chi connectivity index (χ1v) is 26.8. The molecule has 4 N–H and O–H groups in total. The van der Waals surface area contributed by atoms with E-state index in [1.165, 1.54) is 250 Å². The topological polar surface area (TPSA) is 89.8 Å². The third-order valence-electron chi connectivity index (χ3n) is 12.9. The summed E-state index contributed by atoms with van der Waals surface area (Å²) >= 11 is 0. The van der Waals surface area contributed by atoms with Gasteiger partial charge in [-0.05, 0) is 12.8 Å². The Morgan fingerprint density at radius 3 is 0.828 bits per heavy atom. The van der Waals surface area contributed by atoms with Crippen LogP contribution in [0.1, 0.15) is 309 Å². The van der Waals surface area contributed by atoms with Crippen LogP contribution in [0.25, 0.3) is 0 Å². The van der Waals surface area contributed by atoms with E-state index in [9.17, 15) is 20.1 Å². The Kier molecular flexibility index (Phi) is 48.5. The maximum absolute atomic E-state index is 12.5. The Morgan fingerprint density at radius 1 is 0.362 bits per heavy atom. The molecular weight excluding hydrogens is 715 g/mol.